The Morgan fingerprint density at radius 3 is 2.56 bits per heavy atom. The van der Waals surface area contributed by atoms with Crippen LogP contribution in [0.25, 0.3) is 0 Å². The standard InChI is InChI=1S/C31H33N3O2/c1-3-4-5-12-29(36)34-27-11-7-6-10-25(27)33-26-18-24(22-15-13-21(2)14-16-22)19-28(35)30(26)31(34)23-9-8-17-32-20-23/h6-11,13-17,20,24,31,33H,3-5,12,18-19H2,1-2H3/t24-,31+/m0/s1. The molecular weight excluding hydrogens is 446 g/mol. The number of anilines is 2. The summed E-state index contributed by atoms with van der Waals surface area (Å²) >= 11 is 0. The summed E-state index contributed by atoms with van der Waals surface area (Å²) in [6, 6.07) is 19.7. The highest BCUT2D eigenvalue weighted by molar-refractivity contribution is 6.06. The number of para-hydroxylation sites is 2. The molecular formula is C31H33N3O2. The Hall–Kier alpha value is -3.73. The van der Waals surface area contributed by atoms with Crippen LogP contribution in [0.1, 0.15) is 74.1 Å². The van der Waals surface area contributed by atoms with E-state index in [4.69, 9.17) is 0 Å². The highest BCUT2D eigenvalue weighted by atomic mass is 16.2. The number of hydrogen-bond acceptors (Lipinski definition) is 4. The summed E-state index contributed by atoms with van der Waals surface area (Å²) in [7, 11) is 0. The SMILES string of the molecule is CCCCCC(=O)N1c2ccccc2NC2=C(C(=O)C[C@@H](c3ccc(C)cc3)C2)[C@H]1c1cccnc1. The average Bonchev–Trinajstić information content (AvgIpc) is 3.04. The third-order valence-corrected chi connectivity index (χ3v) is 7.30. The molecule has 5 heteroatoms. The Labute approximate surface area is 213 Å². The molecule has 0 saturated heterocycles. The number of Topliss-reactive ketones (excluding diaryl/α,β-unsaturated/α-hetero) is 1. The predicted octanol–water partition coefficient (Wildman–Crippen LogP) is 6.87. The van der Waals surface area contributed by atoms with E-state index in [2.05, 4.69) is 48.4 Å². The second kappa shape index (κ2) is 10.5. The van der Waals surface area contributed by atoms with Gasteiger partial charge in [-0.15, -0.1) is 0 Å². The normalized spacial score (nSPS) is 19.3. The van der Waals surface area contributed by atoms with E-state index in [1.165, 1.54) is 11.1 Å². The summed E-state index contributed by atoms with van der Waals surface area (Å²) in [4.78, 5) is 34.0. The Kier molecular flexibility index (Phi) is 6.99. The number of unbranched alkanes of at least 4 members (excludes halogenated alkanes) is 2. The van der Waals surface area contributed by atoms with Crippen LogP contribution in [0.3, 0.4) is 0 Å². The van der Waals surface area contributed by atoms with Gasteiger partial charge in [0.1, 0.15) is 0 Å². The highest BCUT2D eigenvalue weighted by Crippen LogP contribution is 2.47. The van der Waals surface area contributed by atoms with Gasteiger partial charge in [0.05, 0.1) is 17.4 Å². The fourth-order valence-corrected chi connectivity index (χ4v) is 5.44. The van der Waals surface area contributed by atoms with Gasteiger partial charge in [0.2, 0.25) is 5.91 Å². The Morgan fingerprint density at radius 1 is 1.00 bits per heavy atom. The number of pyridine rings is 1. The van der Waals surface area contributed by atoms with Gasteiger partial charge in [-0.05, 0) is 55.0 Å². The second-order valence-corrected chi connectivity index (χ2v) is 9.88. The third-order valence-electron chi connectivity index (χ3n) is 7.30. The number of rotatable bonds is 6. The van der Waals surface area contributed by atoms with Crippen LogP contribution in [-0.2, 0) is 9.59 Å². The van der Waals surface area contributed by atoms with Gasteiger partial charge in [0.25, 0.3) is 0 Å². The van der Waals surface area contributed by atoms with Gasteiger partial charge >= 0.3 is 0 Å². The van der Waals surface area contributed by atoms with E-state index in [-0.39, 0.29) is 17.6 Å². The molecule has 2 atom stereocenters. The van der Waals surface area contributed by atoms with Crippen LogP contribution in [0.15, 0.2) is 84.3 Å². The minimum absolute atomic E-state index is 0.0359. The molecule has 1 aliphatic carbocycles. The number of nitrogens with zero attached hydrogens (tertiary/aromatic N) is 2. The highest BCUT2D eigenvalue weighted by Gasteiger charge is 2.41. The maximum Gasteiger partial charge on any atom is 0.227 e. The first-order valence-electron chi connectivity index (χ1n) is 13.0. The maximum absolute atomic E-state index is 13.9. The molecule has 0 saturated carbocycles. The zero-order valence-electron chi connectivity index (χ0n) is 21.0. The molecule has 5 nitrogen and oxygen atoms in total. The van der Waals surface area contributed by atoms with Crippen LogP contribution < -0.4 is 10.2 Å². The first kappa shape index (κ1) is 24.0. The molecule has 0 unspecified atom stereocenters. The fraction of sp³-hybridized carbons (Fsp3) is 0.323. The largest absolute Gasteiger partial charge is 0.357 e. The third kappa shape index (κ3) is 4.70. The lowest BCUT2D eigenvalue weighted by atomic mass is 9.78. The number of allylic oxidation sites excluding steroid dienone is 1. The summed E-state index contributed by atoms with van der Waals surface area (Å²) in [6.45, 7) is 4.21. The van der Waals surface area contributed by atoms with E-state index >= 15 is 0 Å². The molecule has 2 aliphatic rings. The molecule has 2 heterocycles. The van der Waals surface area contributed by atoms with Crippen molar-refractivity contribution in [1.82, 2.24) is 4.98 Å². The van der Waals surface area contributed by atoms with Crippen LogP contribution in [-0.4, -0.2) is 16.7 Å². The number of amides is 1. The lowest BCUT2D eigenvalue weighted by Crippen LogP contribution is -2.38. The number of carbonyl (C=O) groups excluding carboxylic acids is 2. The number of benzene rings is 2. The van der Waals surface area contributed by atoms with Gasteiger partial charge in [0, 0.05) is 36.5 Å². The number of carbonyl (C=O) groups is 2. The summed E-state index contributed by atoms with van der Waals surface area (Å²) in [5.41, 5.74) is 6.49. The predicted molar refractivity (Wildman–Crippen MR) is 144 cm³/mol. The van der Waals surface area contributed by atoms with Crippen molar-refractivity contribution in [2.45, 2.75) is 64.3 Å². The molecule has 5 rings (SSSR count). The maximum atomic E-state index is 13.9. The molecule has 1 aliphatic heterocycles. The Bertz CT molecular complexity index is 1280. The fourth-order valence-electron chi connectivity index (χ4n) is 5.44. The van der Waals surface area contributed by atoms with Crippen molar-refractivity contribution < 1.29 is 9.59 Å². The first-order chi connectivity index (χ1) is 17.6. The van der Waals surface area contributed by atoms with Crippen LogP contribution in [0.5, 0.6) is 0 Å². The average molecular weight is 480 g/mol. The van der Waals surface area contributed by atoms with Gasteiger partial charge in [0.15, 0.2) is 5.78 Å². The van der Waals surface area contributed by atoms with Crippen LogP contribution in [0.2, 0.25) is 0 Å². The van der Waals surface area contributed by atoms with E-state index in [1.54, 1.807) is 12.4 Å². The van der Waals surface area contributed by atoms with Crippen molar-refractivity contribution in [3.63, 3.8) is 0 Å². The number of aromatic nitrogens is 1. The molecule has 3 aromatic rings. The minimum Gasteiger partial charge on any atom is -0.357 e. The Morgan fingerprint density at radius 2 is 1.81 bits per heavy atom. The smallest absolute Gasteiger partial charge is 0.227 e. The number of ketones is 1. The summed E-state index contributed by atoms with van der Waals surface area (Å²) < 4.78 is 0. The number of aryl methyl sites for hydroxylation is 1. The van der Waals surface area contributed by atoms with Gasteiger partial charge < -0.3 is 5.32 Å². The Balaban J connectivity index is 1.64. The van der Waals surface area contributed by atoms with E-state index in [0.717, 1.165) is 41.9 Å². The lowest BCUT2D eigenvalue weighted by molar-refractivity contribution is -0.119. The van der Waals surface area contributed by atoms with Gasteiger partial charge in [-0.1, -0.05) is 67.8 Å². The van der Waals surface area contributed by atoms with Crippen LogP contribution >= 0.6 is 0 Å². The summed E-state index contributed by atoms with van der Waals surface area (Å²) in [5, 5.41) is 3.60. The quantitative estimate of drug-likeness (QED) is 0.392. The van der Waals surface area contributed by atoms with E-state index in [0.29, 0.717) is 24.8 Å². The zero-order chi connectivity index (χ0) is 25.1. The number of nitrogens with one attached hydrogen (secondary N) is 1. The van der Waals surface area contributed by atoms with Crippen molar-refractivity contribution in [1.29, 1.82) is 0 Å². The molecule has 2 aromatic carbocycles. The minimum atomic E-state index is -0.509. The summed E-state index contributed by atoms with van der Waals surface area (Å²) in [6.07, 6.45) is 7.98. The van der Waals surface area contributed by atoms with Crippen molar-refractivity contribution >= 4 is 23.1 Å². The molecule has 0 fully saturated rings. The second-order valence-electron chi connectivity index (χ2n) is 9.88. The number of hydrogen-bond donors (Lipinski definition) is 1. The number of fused-ring (bicyclic) bond motifs is 1. The molecule has 0 spiro atoms. The molecule has 0 bridgehead atoms. The molecule has 1 amide bonds. The van der Waals surface area contributed by atoms with Crippen LogP contribution in [0.4, 0.5) is 11.4 Å². The zero-order valence-corrected chi connectivity index (χ0v) is 21.0. The van der Waals surface area contributed by atoms with Gasteiger partial charge in [-0.25, -0.2) is 0 Å². The van der Waals surface area contributed by atoms with E-state index in [1.807, 2.05) is 41.3 Å². The molecule has 1 N–H and O–H groups in total. The van der Waals surface area contributed by atoms with Crippen LogP contribution in [0, 0.1) is 6.92 Å². The van der Waals surface area contributed by atoms with Crippen molar-refractivity contribution in [2.24, 2.45) is 0 Å². The topological polar surface area (TPSA) is 62.3 Å². The summed E-state index contributed by atoms with van der Waals surface area (Å²) in [5.74, 6) is 0.217. The molecule has 1 aromatic heterocycles. The molecule has 0 radical (unpaired) electrons. The monoisotopic (exact) mass is 479 g/mol. The van der Waals surface area contributed by atoms with Crippen molar-refractivity contribution in [2.75, 3.05) is 10.2 Å². The van der Waals surface area contributed by atoms with Gasteiger partial charge in [-0.2, -0.15) is 0 Å². The van der Waals surface area contributed by atoms with Crippen molar-refractivity contribution in [3.8, 4) is 0 Å². The van der Waals surface area contributed by atoms with Gasteiger partial charge in [-0.3, -0.25) is 19.5 Å². The lowest BCUT2D eigenvalue weighted by Gasteiger charge is -2.35. The van der Waals surface area contributed by atoms with E-state index in [9.17, 15) is 9.59 Å². The van der Waals surface area contributed by atoms with E-state index < -0.39 is 6.04 Å². The molecule has 36 heavy (non-hydrogen) atoms. The van der Waals surface area contributed by atoms with Crippen molar-refractivity contribution in [3.05, 3.63) is 101 Å². The molecule has 184 valence electrons. The first-order valence-corrected chi connectivity index (χ1v) is 13.0.